The van der Waals surface area contributed by atoms with Crippen LogP contribution in [0.1, 0.15) is 72.3 Å². The Morgan fingerprint density at radius 1 is 1.11 bits per heavy atom. The number of hydrogen-bond acceptors (Lipinski definition) is 15. The van der Waals surface area contributed by atoms with E-state index >= 15 is 0 Å². The van der Waals surface area contributed by atoms with Gasteiger partial charge in [-0.05, 0) is 64.7 Å². The predicted octanol–water partition coefficient (Wildman–Crippen LogP) is 0.994. The standard InChI is InChI=1S/C34H51BN4O14S/c1-19(2)49-17-34(4,5)32(46)37-12-7-6-8-22(39-54)30(43)36-13-11-26(42)38-23-14-21(16-48-33(35)47)9-10-24(23)52-27-15-25(50-18-40)28(51-20(3)41)29(53-27)31(44)45/h9-10,14,18-19,22,25,27-29,39,54H,6-8,11-13,15-17,35H2,1-5H3,(H,36,43)(H,37,46)(H,38,42)(H,44,45)/t22?,25?,27?,28-,29?/m0/s1. The van der Waals surface area contributed by atoms with Gasteiger partial charge in [0.15, 0.2) is 12.2 Å². The summed E-state index contributed by atoms with van der Waals surface area (Å²) >= 11 is 4.07. The molecule has 5 atom stereocenters. The molecule has 0 radical (unpaired) electrons. The van der Waals surface area contributed by atoms with E-state index < -0.39 is 59.8 Å². The van der Waals surface area contributed by atoms with Crippen molar-refractivity contribution in [3.8, 4) is 5.75 Å². The Morgan fingerprint density at radius 2 is 1.83 bits per heavy atom. The van der Waals surface area contributed by atoms with E-state index in [0.717, 1.165) is 6.92 Å². The minimum atomic E-state index is -1.76. The number of hydrogen-bond donors (Lipinski definition) is 6. The van der Waals surface area contributed by atoms with Gasteiger partial charge in [0, 0.05) is 26.4 Å². The fourth-order valence-electron chi connectivity index (χ4n) is 5.06. The lowest BCUT2D eigenvalue weighted by molar-refractivity contribution is -0.238. The van der Waals surface area contributed by atoms with E-state index in [9.17, 15) is 38.7 Å². The van der Waals surface area contributed by atoms with Crippen molar-refractivity contribution in [2.75, 3.05) is 25.0 Å². The van der Waals surface area contributed by atoms with Crippen molar-refractivity contribution in [3.63, 3.8) is 0 Å². The van der Waals surface area contributed by atoms with Crippen LogP contribution in [0.2, 0.25) is 0 Å². The smallest absolute Gasteiger partial charge is 0.337 e. The van der Waals surface area contributed by atoms with E-state index in [4.69, 9.17) is 28.4 Å². The Kier molecular flexibility index (Phi) is 19.3. The van der Waals surface area contributed by atoms with E-state index in [1.165, 1.54) is 26.0 Å². The molecule has 0 saturated carbocycles. The quantitative estimate of drug-likeness (QED) is 0.0227. The van der Waals surface area contributed by atoms with Crippen LogP contribution in [-0.2, 0) is 59.1 Å². The number of esters is 1. The minimum Gasteiger partial charge on any atom is -0.479 e. The number of ether oxygens (including phenoxy) is 6. The third-order valence-electron chi connectivity index (χ3n) is 7.90. The Balaban J connectivity index is 2.00. The molecule has 1 aromatic carbocycles. The Hall–Kier alpha value is -4.40. The topological polar surface area (TPSA) is 243 Å². The van der Waals surface area contributed by atoms with Crippen LogP contribution in [0.25, 0.3) is 0 Å². The summed E-state index contributed by atoms with van der Waals surface area (Å²) in [7, 11) is 1.23. The van der Waals surface area contributed by atoms with Gasteiger partial charge in [-0.2, -0.15) is 0 Å². The molecule has 1 aromatic rings. The fourth-order valence-corrected chi connectivity index (χ4v) is 5.31. The number of anilines is 1. The first-order chi connectivity index (χ1) is 25.5. The molecule has 0 aromatic heterocycles. The lowest BCUT2D eigenvalue weighted by Gasteiger charge is -2.38. The lowest BCUT2D eigenvalue weighted by Crippen LogP contribution is -2.55. The highest BCUT2D eigenvalue weighted by atomic mass is 32.1. The Morgan fingerprint density at radius 3 is 2.44 bits per heavy atom. The number of thiol groups is 1. The average molecular weight is 783 g/mol. The molecule has 1 fully saturated rings. The molecule has 300 valence electrons. The summed E-state index contributed by atoms with van der Waals surface area (Å²) < 4.78 is 34.8. The second-order valence-corrected chi connectivity index (χ2v) is 13.7. The number of carbonyl (C=O) groups is 7. The van der Waals surface area contributed by atoms with Crippen molar-refractivity contribution >= 4 is 68.3 Å². The first-order valence-corrected chi connectivity index (χ1v) is 17.9. The molecule has 1 saturated heterocycles. The van der Waals surface area contributed by atoms with Crippen molar-refractivity contribution in [2.24, 2.45) is 5.41 Å². The molecule has 0 spiro atoms. The van der Waals surface area contributed by atoms with E-state index in [-0.39, 0.29) is 61.8 Å². The highest BCUT2D eigenvalue weighted by molar-refractivity contribution is 7.78. The van der Waals surface area contributed by atoms with Gasteiger partial charge >= 0.3 is 11.9 Å². The number of carbonyl (C=O) groups excluding carboxylic acids is 6. The molecular weight excluding hydrogens is 731 g/mol. The molecule has 18 nitrogen and oxygen atoms in total. The highest BCUT2D eigenvalue weighted by Crippen LogP contribution is 2.32. The number of benzene rings is 1. The third kappa shape index (κ3) is 15.9. The molecule has 3 amide bonds. The first kappa shape index (κ1) is 45.8. The number of carboxylic acid groups (broad SMARTS) is 1. The van der Waals surface area contributed by atoms with Crippen LogP contribution in [0, 0.1) is 5.41 Å². The molecule has 20 heteroatoms. The van der Waals surface area contributed by atoms with Gasteiger partial charge in [0.25, 0.3) is 6.47 Å². The number of rotatable bonds is 23. The molecule has 54 heavy (non-hydrogen) atoms. The van der Waals surface area contributed by atoms with Gasteiger partial charge in [0.05, 0.1) is 36.3 Å². The molecule has 5 N–H and O–H groups in total. The largest absolute Gasteiger partial charge is 0.479 e. The van der Waals surface area contributed by atoms with E-state index in [1.807, 2.05) is 27.7 Å². The van der Waals surface area contributed by atoms with Crippen LogP contribution in [0.5, 0.6) is 5.75 Å². The maximum atomic E-state index is 13.0. The van der Waals surface area contributed by atoms with Gasteiger partial charge < -0.3 is 49.5 Å². The summed E-state index contributed by atoms with van der Waals surface area (Å²) in [5.74, 6) is -3.89. The number of aliphatic carboxylic acids is 1. The first-order valence-electron chi connectivity index (χ1n) is 17.4. The molecular formula is C34H51BN4O14S. The van der Waals surface area contributed by atoms with Crippen molar-refractivity contribution < 1.29 is 67.1 Å². The fraction of sp³-hybridized carbons (Fsp3) is 0.618. The molecule has 1 heterocycles. The second kappa shape index (κ2) is 22.7. The highest BCUT2D eigenvalue weighted by Gasteiger charge is 2.47. The van der Waals surface area contributed by atoms with Crippen molar-refractivity contribution in [1.29, 1.82) is 0 Å². The normalized spacial score (nSPS) is 18.8. The Labute approximate surface area is 320 Å². The van der Waals surface area contributed by atoms with Crippen molar-refractivity contribution in [1.82, 2.24) is 15.4 Å². The van der Waals surface area contributed by atoms with Gasteiger partial charge in [-0.3, -0.25) is 33.5 Å². The van der Waals surface area contributed by atoms with Crippen LogP contribution in [-0.4, -0.2) is 111 Å². The van der Waals surface area contributed by atoms with Crippen LogP contribution >= 0.6 is 12.8 Å². The monoisotopic (exact) mass is 782 g/mol. The molecule has 1 aliphatic rings. The zero-order chi connectivity index (χ0) is 40.4. The van der Waals surface area contributed by atoms with Gasteiger partial charge in [-0.1, -0.05) is 18.9 Å². The van der Waals surface area contributed by atoms with Crippen LogP contribution < -0.4 is 25.4 Å². The maximum absolute atomic E-state index is 13.0. The zero-order valence-electron chi connectivity index (χ0n) is 31.3. The van der Waals surface area contributed by atoms with Crippen molar-refractivity contribution in [2.45, 2.75) is 110 Å². The van der Waals surface area contributed by atoms with Crippen LogP contribution in [0.4, 0.5) is 10.5 Å². The summed E-state index contributed by atoms with van der Waals surface area (Å²) in [6.45, 7) is 9.11. The average Bonchev–Trinajstić information content (AvgIpc) is 3.09. The van der Waals surface area contributed by atoms with Gasteiger partial charge in [0.2, 0.25) is 37.7 Å². The summed E-state index contributed by atoms with van der Waals surface area (Å²) in [5.41, 5.74) is -0.118. The molecule has 2 rings (SSSR count). The summed E-state index contributed by atoms with van der Waals surface area (Å²) in [6, 6.07) is 3.77. The number of carboxylic acids is 1. The van der Waals surface area contributed by atoms with E-state index in [1.54, 1.807) is 0 Å². The third-order valence-corrected chi connectivity index (χ3v) is 8.21. The lowest BCUT2D eigenvalue weighted by atomic mass is 9.93. The predicted molar refractivity (Wildman–Crippen MR) is 197 cm³/mol. The molecule has 0 bridgehead atoms. The summed E-state index contributed by atoms with van der Waals surface area (Å²) in [6.07, 6.45) is -4.54. The van der Waals surface area contributed by atoms with E-state index in [2.05, 4.69) is 33.5 Å². The van der Waals surface area contributed by atoms with Crippen molar-refractivity contribution in [3.05, 3.63) is 23.8 Å². The van der Waals surface area contributed by atoms with Gasteiger partial charge in [-0.15, -0.1) is 0 Å². The molecule has 4 unspecified atom stereocenters. The number of nitrogens with one attached hydrogen (secondary N) is 4. The number of unbranched alkanes of at least 4 members (excludes halogenated alkanes) is 1. The summed E-state index contributed by atoms with van der Waals surface area (Å²) in [4.78, 5) is 84.5. The molecule has 1 aliphatic heterocycles. The van der Waals surface area contributed by atoms with Crippen LogP contribution in [0.15, 0.2) is 18.2 Å². The zero-order valence-corrected chi connectivity index (χ0v) is 32.2. The Bertz CT molecular complexity index is 1470. The second-order valence-electron chi connectivity index (χ2n) is 13.4. The van der Waals surface area contributed by atoms with E-state index in [0.29, 0.717) is 38.0 Å². The minimum absolute atomic E-state index is 0.0127. The summed E-state index contributed by atoms with van der Waals surface area (Å²) in [5, 5.41) is 18.0. The number of amides is 3. The van der Waals surface area contributed by atoms with Gasteiger partial charge in [0.1, 0.15) is 18.5 Å². The SMILES string of the molecule is BC(=O)OCc1ccc(OC2CC(OC=O)[C@H](OC(C)=O)C(C(=O)O)O2)c(NC(=O)CCNC(=O)C(CCCCNC(=O)C(C)(C)COC(C)C)NS)c1. The van der Waals surface area contributed by atoms with Crippen LogP contribution in [0.3, 0.4) is 0 Å². The van der Waals surface area contributed by atoms with Gasteiger partial charge in [-0.25, -0.2) is 4.79 Å². The molecule has 0 aliphatic carbocycles. The maximum Gasteiger partial charge on any atom is 0.337 e.